The Morgan fingerprint density at radius 3 is 2.73 bits per heavy atom. The van der Waals surface area contributed by atoms with E-state index in [9.17, 15) is 4.79 Å². The SMILES string of the molecule is Cl.Cn1cc(CCCNC(=O)CC(N)c2ccccc2)cn1. The van der Waals surface area contributed by atoms with Gasteiger partial charge in [0.15, 0.2) is 0 Å². The number of nitrogens with one attached hydrogen (secondary N) is 1. The molecule has 1 aromatic heterocycles. The van der Waals surface area contributed by atoms with Crippen LogP contribution in [0.3, 0.4) is 0 Å². The molecule has 2 rings (SSSR count). The number of hydrogen-bond acceptors (Lipinski definition) is 3. The van der Waals surface area contributed by atoms with Crippen LogP contribution in [0.2, 0.25) is 0 Å². The van der Waals surface area contributed by atoms with Crippen LogP contribution in [0.5, 0.6) is 0 Å². The molecule has 1 atom stereocenters. The Morgan fingerprint density at radius 1 is 1.36 bits per heavy atom. The first kappa shape index (κ1) is 18.2. The number of rotatable bonds is 7. The summed E-state index contributed by atoms with van der Waals surface area (Å²) in [6.07, 6.45) is 5.98. The number of halogens is 1. The quantitative estimate of drug-likeness (QED) is 0.766. The molecule has 0 bridgehead atoms. The highest BCUT2D eigenvalue weighted by atomic mass is 35.5. The van der Waals surface area contributed by atoms with Gasteiger partial charge in [-0.15, -0.1) is 12.4 Å². The highest BCUT2D eigenvalue weighted by molar-refractivity contribution is 5.85. The summed E-state index contributed by atoms with van der Waals surface area (Å²) in [6, 6.07) is 9.45. The molecule has 2 aromatic rings. The molecule has 120 valence electrons. The third-order valence-electron chi connectivity index (χ3n) is 3.36. The van der Waals surface area contributed by atoms with Gasteiger partial charge in [0.1, 0.15) is 0 Å². The lowest BCUT2D eigenvalue weighted by Gasteiger charge is -2.12. The summed E-state index contributed by atoms with van der Waals surface area (Å²) >= 11 is 0. The molecule has 0 aliphatic heterocycles. The molecule has 1 unspecified atom stereocenters. The fourth-order valence-electron chi connectivity index (χ4n) is 2.21. The van der Waals surface area contributed by atoms with Gasteiger partial charge in [-0.05, 0) is 24.0 Å². The Labute approximate surface area is 137 Å². The van der Waals surface area contributed by atoms with E-state index >= 15 is 0 Å². The monoisotopic (exact) mass is 322 g/mol. The average Bonchev–Trinajstić information content (AvgIpc) is 2.90. The maximum absolute atomic E-state index is 11.8. The molecule has 3 N–H and O–H groups in total. The van der Waals surface area contributed by atoms with Gasteiger partial charge in [-0.3, -0.25) is 9.48 Å². The summed E-state index contributed by atoms with van der Waals surface area (Å²) in [7, 11) is 1.90. The Hall–Kier alpha value is -1.85. The van der Waals surface area contributed by atoms with Crippen molar-refractivity contribution in [2.75, 3.05) is 6.54 Å². The molecular formula is C16H23ClN4O. The first-order valence-electron chi connectivity index (χ1n) is 7.20. The lowest BCUT2D eigenvalue weighted by atomic mass is 10.0. The van der Waals surface area contributed by atoms with Gasteiger partial charge < -0.3 is 11.1 Å². The smallest absolute Gasteiger partial charge is 0.221 e. The maximum atomic E-state index is 11.8. The van der Waals surface area contributed by atoms with Crippen LogP contribution in [-0.2, 0) is 18.3 Å². The highest BCUT2D eigenvalue weighted by Crippen LogP contribution is 2.12. The minimum Gasteiger partial charge on any atom is -0.356 e. The molecule has 1 amide bonds. The number of carbonyl (C=O) groups excluding carboxylic acids is 1. The fraction of sp³-hybridized carbons (Fsp3) is 0.375. The van der Waals surface area contributed by atoms with Crippen LogP contribution in [0.4, 0.5) is 0 Å². The zero-order valence-electron chi connectivity index (χ0n) is 12.7. The lowest BCUT2D eigenvalue weighted by molar-refractivity contribution is -0.121. The van der Waals surface area contributed by atoms with Crippen molar-refractivity contribution in [3.8, 4) is 0 Å². The van der Waals surface area contributed by atoms with Crippen molar-refractivity contribution in [2.24, 2.45) is 12.8 Å². The van der Waals surface area contributed by atoms with Crippen molar-refractivity contribution < 1.29 is 4.79 Å². The summed E-state index contributed by atoms with van der Waals surface area (Å²) in [6.45, 7) is 0.662. The van der Waals surface area contributed by atoms with Crippen LogP contribution in [-0.4, -0.2) is 22.2 Å². The van der Waals surface area contributed by atoms with Crippen molar-refractivity contribution in [1.29, 1.82) is 0 Å². The van der Waals surface area contributed by atoms with Gasteiger partial charge in [0.2, 0.25) is 5.91 Å². The molecule has 0 aliphatic carbocycles. The largest absolute Gasteiger partial charge is 0.356 e. The maximum Gasteiger partial charge on any atom is 0.221 e. The highest BCUT2D eigenvalue weighted by Gasteiger charge is 2.10. The molecule has 0 radical (unpaired) electrons. The van der Waals surface area contributed by atoms with Crippen LogP contribution in [0, 0.1) is 0 Å². The van der Waals surface area contributed by atoms with Gasteiger partial charge in [0.05, 0.1) is 6.20 Å². The summed E-state index contributed by atoms with van der Waals surface area (Å²) in [5.74, 6) is -0.00228. The van der Waals surface area contributed by atoms with Crippen LogP contribution in [0.25, 0.3) is 0 Å². The topological polar surface area (TPSA) is 72.9 Å². The number of amides is 1. The van der Waals surface area contributed by atoms with E-state index in [-0.39, 0.29) is 24.4 Å². The molecule has 22 heavy (non-hydrogen) atoms. The number of aryl methyl sites for hydroxylation is 2. The Kier molecular flexibility index (Phi) is 7.63. The Bertz CT molecular complexity index is 571. The third-order valence-corrected chi connectivity index (χ3v) is 3.36. The van der Waals surface area contributed by atoms with Crippen LogP contribution in [0.15, 0.2) is 42.7 Å². The van der Waals surface area contributed by atoms with Gasteiger partial charge in [0.25, 0.3) is 0 Å². The summed E-state index contributed by atoms with van der Waals surface area (Å²) in [5, 5.41) is 7.03. The standard InChI is InChI=1S/C16H22N4O.ClH/c1-20-12-13(11-19-20)6-5-9-18-16(21)10-15(17)14-7-3-2-4-8-14;/h2-4,7-8,11-12,15H,5-6,9-10,17H2,1H3,(H,18,21);1H. The van der Waals surface area contributed by atoms with Crippen molar-refractivity contribution in [1.82, 2.24) is 15.1 Å². The van der Waals surface area contributed by atoms with Crippen LogP contribution < -0.4 is 11.1 Å². The molecule has 1 heterocycles. The van der Waals surface area contributed by atoms with Crippen LogP contribution in [0.1, 0.15) is 30.0 Å². The zero-order chi connectivity index (χ0) is 15.1. The predicted octanol–water partition coefficient (Wildman–Crippen LogP) is 1.98. The van der Waals surface area contributed by atoms with Gasteiger partial charge in [-0.1, -0.05) is 30.3 Å². The van der Waals surface area contributed by atoms with E-state index in [2.05, 4.69) is 10.4 Å². The van der Waals surface area contributed by atoms with E-state index in [1.165, 1.54) is 5.56 Å². The second-order valence-corrected chi connectivity index (χ2v) is 5.20. The minimum atomic E-state index is -0.246. The molecule has 0 saturated carbocycles. The molecular weight excluding hydrogens is 300 g/mol. The van der Waals surface area contributed by atoms with E-state index in [0.717, 1.165) is 18.4 Å². The third kappa shape index (κ3) is 5.87. The second-order valence-electron chi connectivity index (χ2n) is 5.20. The van der Waals surface area contributed by atoms with Crippen molar-refractivity contribution in [2.45, 2.75) is 25.3 Å². The number of hydrogen-bond donors (Lipinski definition) is 2. The number of carbonyl (C=O) groups is 1. The summed E-state index contributed by atoms with van der Waals surface area (Å²) < 4.78 is 1.78. The van der Waals surface area contributed by atoms with Crippen molar-refractivity contribution in [3.05, 3.63) is 53.9 Å². The Balaban J connectivity index is 0.00000242. The molecule has 1 aromatic carbocycles. The number of nitrogens with zero attached hydrogens (tertiary/aromatic N) is 2. The van der Waals surface area contributed by atoms with Gasteiger partial charge in [-0.2, -0.15) is 5.10 Å². The average molecular weight is 323 g/mol. The van der Waals surface area contributed by atoms with Crippen molar-refractivity contribution >= 4 is 18.3 Å². The van der Waals surface area contributed by atoms with E-state index in [1.807, 2.05) is 49.8 Å². The van der Waals surface area contributed by atoms with Gasteiger partial charge in [0, 0.05) is 32.3 Å². The first-order chi connectivity index (χ1) is 10.1. The number of benzene rings is 1. The summed E-state index contributed by atoms with van der Waals surface area (Å²) in [5.41, 5.74) is 8.20. The Morgan fingerprint density at radius 2 is 2.09 bits per heavy atom. The van der Waals surface area contributed by atoms with E-state index in [4.69, 9.17) is 5.73 Å². The van der Waals surface area contributed by atoms with Gasteiger partial charge in [-0.25, -0.2) is 0 Å². The van der Waals surface area contributed by atoms with Crippen LogP contribution >= 0.6 is 12.4 Å². The van der Waals surface area contributed by atoms with E-state index < -0.39 is 0 Å². The number of nitrogens with two attached hydrogens (primary N) is 1. The van der Waals surface area contributed by atoms with Gasteiger partial charge >= 0.3 is 0 Å². The minimum absolute atomic E-state index is 0. The lowest BCUT2D eigenvalue weighted by Crippen LogP contribution is -2.28. The molecule has 0 spiro atoms. The summed E-state index contributed by atoms with van der Waals surface area (Å²) in [4.78, 5) is 11.8. The first-order valence-corrected chi connectivity index (χ1v) is 7.20. The van der Waals surface area contributed by atoms with E-state index in [1.54, 1.807) is 4.68 Å². The second kappa shape index (κ2) is 9.23. The molecule has 0 fully saturated rings. The number of aromatic nitrogens is 2. The van der Waals surface area contributed by atoms with E-state index in [0.29, 0.717) is 13.0 Å². The zero-order valence-corrected chi connectivity index (χ0v) is 13.6. The molecule has 6 heteroatoms. The molecule has 0 aliphatic rings. The fourth-order valence-corrected chi connectivity index (χ4v) is 2.21. The van der Waals surface area contributed by atoms with Crippen molar-refractivity contribution in [3.63, 3.8) is 0 Å². The normalized spacial score (nSPS) is 11.5. The molecule has 0 saturated heterocycles. The molecule has 5 nitrogen and oxygen atoms in total. The predicted molar refractivity (Wildman–Crippen MR) is 89.8 cm³/mol.